The molecule has 0 radical (unpaired) electrons. The lowest BCUT2D eigenvalue weighted by Crippen LogP contribution is -1.97. The highest BCUT2D eigenvalue weighted by atomic mass is 79.9. The lowest BCUT2D eigenvalue weighted by Gasteiger charge is -1.99. The van der Waals surface area contributed by atoms with E-state index in [9.17, 15) is 4.79 Å². The van der Waals surface area contributed by atoms with Gasteiger partial charge in [0.2, 0.25) is 0 Å². The van der Waals surface area contributed by atoms with E-state index in [0.717, 1.165) is 20.1 Å². The van der Waals surface area contributed by atoms with Crippen LogP contribution < -0.4 is 0 Å². The fraction of sp³-hybridized carbons (Fsp3) is 0. The van der Waals surface area contributed by atoms with E-state index in [4.69, 9.17) is 0 Å². The Balaban J connectivity index is 2.12. The van der Waals surface area contributed by atoms with Crippen molar-refractivity contribution in [1.29, 1.82) is 0 Å². The van der Waals surface area contributed by atoms with Gasteiger partial charge in [0.1, 0.15) is 5.69 Å². The normalized spacial score (nSPS) is 10.7. The van der Waals surface area contributed by atoms with E-state index in [0.29, 0.717) is 17.1 Å². The second kappa shape index (κ2) is 5.59. The highest BCUT2D eigenvalue weighted by Crippen LogP contribution is 2.34. The van der Waals surface area contributed by atoms with Crippen LogP contribution in [-0.4, -0.2) is 21.1 Å². The minimum Gasteiger partial charge on any atom is -0.298 e. The molecule has 0 N–H and O–H groups in total. The van der Waals surface area contributed by atoms with Gasteiger partial charge in [-0.05, 0) is 55.4 Å². The lowest BCUT2D eigenvalue weighted by atomic mass is 10.2. The Kier molecular flexibility index (Phi) is 3.82. The average Bonchev–Trinajstić information content (AvgIpc) is 3.05. The molecule has 0 aromatic carbocycles. The Morgan fingerprint density at radius 3 is 2.70 bits per heavy atom. The maximum Gasteiger partial charge on any atom is 0.153 e. The molecule has 3 aromatic rings. The molecule has 0 saturated carbocycles. The molecule has 0 fully saturated rings. The second-order valence-corrected chi connectivity index (χ2v) is 6.61. The molecule has 0 aliphatic rings. The summed E-state index contributed by atoms with van der Waals surface area (Å²) in [6.45, 7) is 0. The summed E-state index contributed by atoms with van der Waals surface area (Å²) in [7, 11) is 0. The molecule has 0 aliphatic carbocycles. The number of aromatic nitrogens is 3. The van der Waals surface area contributed by atoms with Crippen molar-refractivity contribution >= 4 is 49.5 Å². The van der Waals surface area contributed by atoms with E-state index in [2.05, 4.69) is 41.9 Å². The number of thiophene rings is 1. The molecule has 0 bridgehead atoms. The van der Waals surface area contributed by atoms with E-state index in [1.165, 1.54) is 11.3 Å². The number of hydrogen-bond donors (Lipinski definition) is 0. The van der Waals surface area contributed by atoms with Crippen LogP contribution >= 0.6 is 43.2 Å². The fourth-order valence-electron chi connectivity index (χ4n) is 1.73. The Morgan fingerprint density at radius 1 is 1.25 bits per heavy atom. The Hall–Kier alpha value is -1.31. The van der Waals surface area contributed by atoms with Gasteiger partial charge >= 0.3 is 0 Å². The number of halogens is 2. The van der Waals surface area contributed by atoms with Gasteiger partial charge in [-0.1, -0.05) is 0 Å². The Labute approximate surface area is 135 Å². The average molecular weight is 413 g/mol. The summed E-state index contributed by atoms with van der Waals surface area (Å²) in [5.41, 5.74) is 1.20. The maximum absolute atomic E-state index is 11.2. The van der Waals surface area contributed by atoms with Gasteiger partial charge in [0.15, 0.2) is 12.1 Å². The molecule has 0 atom stereocenters. The molecular formula is C13H7Br2N3OS. The van der Waals surface area contributed by atoms with Gasteiger partial charge in [0, 0.05) is 21.3 Å². The third kappa shape index (κ3) is 2.48. The lowest BCUT2D eigenvalue weighted by molar-refractivity contribution is 0.112. The van der Waals surface area contributed by atoms with E-state index >= 15 is 0 Å². The van der Waals surface area contributed by atoms with Gasteiger partial charge < -0.3 is 0 Å². The first-order valence-electron chi connectivity index (χ1n) is 5.59. The van der Waals surface area contributed by atoms with Crippen molar-refractivity contribution in [2.24, 2.45) is 0 Å². The molecule has 3 aromatic heterocycles. The molecule has 3 rings (SSSR count). The van der Waals surface area contributed by atoms with Crippen LogP contribution in [0, 0.1) is 0 Å². The van der Waals surface area contributed by atoms with Crippen molar-refractivity contribution in [3.05, 3.63) is 50.5 Å². The summed E-state index contributed by atoms with van der Waals surface area (Å²) < 4.78 is 3.43. The standard InChI is InChI=1S/C13H7Br2N3OS/c14-9-1-2-11(16-5-9)18-6-8(7-19)12(17-18)13-10(15)3-4-20-13/h1-7H. The first kappa shape index (κ1) is 13.7. The van der Waals surface area contributed by atoms with Crippen LogP contribution in [0.15, 0.2) is 44.9 Å². The molecule has 0 unspecified atom stereocenters. The van der Waals surface area contributed by atoms with Gasteiger partial charge in [0.25, 0.3) is 0 Å². The van der Waals surface area contributed by atoms with Gasteiger partial charge in [-0.25, -0.2) is 9.67 Å². The monoisotopic (exact) mass is 411 g/mol. The number of aldehydes is 1. The molecular weight excluding hydrogens is 406 g/mol. The predicted octanol–water partition coefficient (Wildman–Crippen LogP) is 4.33. The summed E-state index contributed by atoms with van der Waals surface area (Å²) in [6.07, 6.45) is 4.19. The van der Waals surface area contributed by atoms with Crippen LogP contribution in [0.1, 0.15) is 10.4 Å². The van der Waals surface area contributed by atoms with Crippen molar-refractivity contribution < 1.29 is 4.79 Å². The number of hydrogen-bond acceptors (Lipinski definition) is 4. The van der Waals surface area contributed by atoms with E-state index in [1.54, 1.807) is 17.1 Å². The molecule has 0 saturated heterocycles. The highest BCUT2D eigenvalue weighted by Gasteiger charge is 2.15. The molecule has 7 heteroatoms. The summed E-state index contributed by atoms with van der Waals surface area (Å²) in [5.74, 6) is 0.662. The van der Waals surface area contributed by atoms with Crippen molar-refractivity contribution in [1.82, 2.24) is 14.8 Å². The topological polar surface area (TPSA) is 47.8 Å². The van der Waals surface area contributed by atoms with Crippen LogP contribution in [0.5, 0.6) is 0 Å². The van der Waals surface area contributed by atoms with E-state index in [-0.39, 0.29) is 0 Å². The summed E-state index contributed by atoms with van der Waals surface area (Å²) >= 11 is 8.34. The first-order chi connectivity index (χ1) is 9.69. The summed E-state index contributed by atoms with van der Waals surface area (Å²) in [5, 5.41) is 6.42. The van der Waals surface area contributed by atoms with Crippen LogP contribution in [-0.2, 0) is 0 Å². The number of carbonyl (C=O) groups is 1. The summed E-state index contributed by atoms with van der Waals surface area (Å²) in [6, 6.07) is 5.65. The third-order valence-corrected chi connectivity index (χ3v) is 4.96. The molecule has 100 valence electrons. The van der Waals surface area contributed by atoms with Crippen molar-refractivity contribution in [2.45, 2.75) is 0 Å². The first-order valence-corrected chi connectivity index (χ1v) is 8.06. The number of carbonyl (C=O) groups excluding carboxylic acids is 1. The molecule has 3 heterocycles. The molecule has 0 aliphatic heterocycles. The van der Waals surface area contributed by atoms with Crippen LogP contribution in [0.2, 0.25) is 0 Å². The minimum atomic E-state index is 0.540. The highest BCUT2D eigenvalue weighted by molar-refractivity contribution is 9.10. The third-order valence-electron chi connectivity index (χ3n) is 2.65. The van der Waals surface area contributed by atoms with Gasteiger partial charge in [-0.3, -0.25) is 4.79 Å². The Bertz CT molecular complexity index is 764. The smallest absolute Gasteiger partial charge is 0.153 e. The SMILES string of the molecule is O=Cc1cn(-c2ccc(Br)cn2)nc1-c1sccc1Br. The van der Waals surface area contributed by atoms with Crippen molar-refractivity contribution in [3.8, 4) is 16.4 Å². The predicted molar refractivity (Wildman–Crippen MR) is 85.5 cm³/mol. The van der Waals surface area contributed by atoms with E-state index < -0.39 is 0 Å². The number of nitrogens with zero attached hydrogens (tertiary/aromatic N) is 3. The van der Waals surface area contributed by atoms with Crippen molar-refractivity contribution in [3.63, 3.8) is 0 Å². The number of rotatable bonds is 3. The van der Waals surface area contributed by atoms with Crippen LogP contribution in [0.4, 0.5) is 0 Å². The zero-order valence-electron chi connectivity index (χ0n) is 9.96. The fourth-order valence-corrected chi connectivity index (χ4v) is 3.53. The number of pyridine rings is 1. The van der Waals surface area contributed by atoms with E-state index in [1.807, 2.05) is 23.6 Å². The quantitative estimate of drug-likeness (QED) is 0.601. The molecule has 0 spiro atoms. The largest absolute Gasteiger partial charge is 0.298 e. The molecule has 20 heavy (non-hydrogen) atoms. The second-order valence-electron chi connectivity index (χ2n) is 3.93. The maximum atomic E-state index is 11.2. The summed E-state index contributed by atoms with van der Waals surface area (Å²) in [4.78, 5) is 16.4. The van der Waals surface area contributed by atoms with Crippen molar-refractivity contribution in [2.75, 3.05) is 0 Å². The van der Waals surface area contributed by atoms with Gasteiger partial charge in [-0.15, -0.1) is 11.3 Å². The minimum absolute atomic E-state index is 0.540. The Morgan fingerprint density at radius 2 is 2.10 bits per heavy atom. The molecule has 0 amide bonds. The molecule has 4 nitrogen and oxygen atoms in total. The van der Waals surface area contributed by atoms with Gasteiger partial charge in [0.05, 0.1) is 10.4 Å². The zero-order chi connectivity index (χ0) is 14.1. The van der Waals surface area contributed by atoms with Gasteiger partial charge in [-0.2, -0.15) is 5.10 Å². The van der Waals surface area contributed by atoms with Crippen LogP contribution in [0.3, 0.4) is 0 Å². The zero-order valence-corrected chi connectivity index (χ0v) is 13.9. The van der Waals surface area contributed by atoms with Crippen LogP contribution in [0.25, 0.3) is 16.4 Å².